The lowest BCUT2D eigenvalue weighted by Gasteiger charge is -2.30. The summed E-state index contributed by atoms with van der Waals surface area (Å²) in [5.41, 5.74) is 3.42. The highest BCUT2D eigenvalue weighted by atomic mass is 32.1. The Morgan fingerprint density at radius 2 is 2.05 bits per heavy atom. The van der Waals surface area contributed by atoms with Crippen LogP contribution in [0, 0.1) is 0 Å². The first-order valence-electron chi connectivity index (χ1n) is 12.9. The molecule has 0 atom stereocenters. The lowest BCUT2D eigenvalue weighted by molar-refractivity contribution is 0.0991. The van der Waals surface area contributed by atoms with Gasteiger partial charge in [0.2, 0.25) is 0 Å². The average molecular weight is 521 g/mol. The van der Waals surface area contributed by atoms with Crippen LogP contribution >= 0.6 is 11.3 Å². The average Bonchev–Trinajstić information content (AvgIpc) is 3.54. The smallest absolute Gasteiger partial charge is 0.275 e. The molecule has 5 rings (SSSR count). The molecule has 10 heteroatoms. The van der Waals surface area contributed by atoms with Crippen LogP contribution in [-0.2, 0) is 6.54 Å². The van der Waals surface area contributed by atoms with E-state index in [4.69, 9.17) is 4.74 Å². The minimum atomic E-state index is -0.324. The second kappa shape index (κ2) is 11.7. The fourth-order valence-electron chi connectivity index (χ4n) is 4.60. The number of aromatic nitrogens is 2. The molecule has 194 valence electrons. The minimum absolute atomic E-state index is 0.112. The van der Waals surface area contributed by atoms with Crippen molar-refractivity contribution in [2.24, 2.45) is 0 Å². The highest BCUT2D eigenvalue weighted by Gasteiger charge is 2.31. The molecular formula is C27H32N6O3S. The predicted molar refractivity (Wildman–Crippen MR) is 146 cm³/mol. The summed E-state index contributed by atoms with van der Waals surface area (Å²) in [6.45, 7) is 6.77. The van der Waals surface area contributed by atoms with Gasteiger partial charge in [0, 0.05) is 43.3 Å². The molecule has 0 aliphatic carbocycles. The largest absolute Gasteiger partial charge is 0.494 e. The summed E-state index contributed by atoms with van der Waals surface area (Å²) >= 11 is 1.29. The Morgan fingerprint density at radius 1 is 1.19 bits per heavy atom. The van der Waals surface area contributed by atoms with Gasteiger partial charge in [-0.15, -0.1) is 11.3 Å². The summed E-state index contributed by atoms with van der Waals surface area (Å²) in [6.07, 6.45) is 7.98. The zero-order chi connectivity index (χ0) is 25.6. The van der Waals surface area contributed by atoms with Gasteiger partial charge in [-0.2, -0.15) is 0 Å². The number of fused-ring (bicyclic) bond motifs is 1. The molecule has 2 aromatic heterocycles. The van der Waals surface area contributed by atoms with Crippen molar-refractivity contribution in [2.75, 3.05) is 47.9 Å². The number of nitrogens with one attached hydrogen (secondary N) is 2. The van der Waals surface area contributed by atoms with Gasteiger partial charge in [-0.1, -0.05) is 26.2 Å². The Bertz CT molecular complexity index is 1260. The van der Waals surface area contributed by atoms with Crippen molar-refractivity contribution < 1.29 is 14.3 Å². The number of anilines is 3. The maximum absolute atomic E-state index is 13.1. The zero-order valence-electron chi connectivity index (χ0n) is 21.0. The summed E-state index contributed by atoms with van der Waals surface area (Å²) < 4.78 is 5.89. The first-order valence-corrected chi connectivity index (χ1v) is 13.8. The third kappa shape index (κ3) is 5.75. The number of rotatable bonds is 10. The van der Waals surface area contributed by atoms with Crippen molar-refractivity contribution in [3.63, 3.8) is 0 Å². The molecule has 1 aromatic carbocycles. The van der Waals surface area contributed by atoms with E-state index in [0.29, 0.717) is 29.5 Å². The molecule has 0 saturated carbocycles. The summed E-state index contributed by atoms with van der Waals surface area (Å²) in [4.78, 5) is 38.6. The van der Waals surface area contributed by atoms with E-state index in [-0.39, 0.29) is 17.5 Å². The number of hydrogen-bond acceptors (Lipinski definition) is 8. The molecule has 4 heterocycles. The zero-order valence-corrected chi connectivity index (χ0v) is 21.9. The number of carbonyl (C=O) groups is 2. The number of nitrogens with zero attached hydrogens (tertiary/aromatic N) is 4. The van der Waals surface area contributed by atoms with Crippen molar-refractivity contribution in [1.29, 1.82) is 0 Å². The standard InChI is InChI=1S/C27H32N6O3S/c1-2-3-4-5-14-36-20-6-7-21-19(15-20)17-33(26(21)35)27-31-23(18-37-27)25(34)30-22-16-29-9-8-24(22)32-12-10-28-11-13-32/h6-9,15-16,18,28H,2-5,10-14,17H2,1H3,(H,30,34). The topological polar surface area (TPSA) is 99.7 Å². The van der Waals surface area contributed by atoms with Crippen molar-refractivity contribution in [1.82, 2.24) is 15.3 Å². The van der Waals surface area contributed by atoms with Crippen LogP contribution in [0.5, 0.6) is 5.75 Å². The maximum atomic E-state index is 13.1. The third-order valence-corrected chi connectivity index (χ3v) is 7.47. The van der Waals surface area contributed by atoms with Gasteiger partial charge in [-0.05, 0) is 36.2 Å². The molecule has 2 aliphatic rings. The Morgan fingerprint density at radius 3 is 2.89 bits per heavy atom. The quantitative estimate of drug-likeness (QED) is 0.384. The van der Waals surface area contributed by atoms with Crippen molar-refractivity contribution in [2.45, 2.75) is 39.2 Å². The van der Waals surface area contributed by atoms with E-state index in [1.165, 1.54) is 24.2 Å². The molecule has 3 aromatic rings. The van der Waals surface area contributed by atoms with E-state index >= 15 is 0 Å². The lowest BCUT2D eigenvalue weighted by Crippen LogP contribution is -2.43. The number of amides is 2. The number of ether oxygens (including phenoxy) is 1. The van der Waals surface area contributed by atoms with Crippen LogP contribution in [0.3, 0.4) is 0 Å². The second-order valence-electron chi connectivity index (χ2n) is 9.22. The number of hydrogen-bond donors (Lipinski definition) is 2. The van der Waals surface area contributed by atoms with Crippen LogP contribution in [0.2, 0.25) is 0 Å². The van der Waals surface area contributed by atoms with Crippen LogP contribution < -0.4 is 25.2 Å². The first kappa shape index (κ1) is 25.2. The van der Waals surface area contributed by atoms with Crippen molar-refractivity contribution >= 4 is 39.7 Å². The number of pyridine rings is 1. The van der Waals surface area contributed by atoms with Gasteiger partial charge in [0.05, 0.1) is 30.7 Å². The first-order chi connectivity index (χ1) is 18.1. The fourth-order valence-corrected chi connectivity index (χ4v) is 5.41. The summed E-state index contributed by atoms with van der Waals surface area (Å²) in [7, 11) is 0. The van der Waals surface area contributed by atoms with Gasteiger partial charge in [0.1, 0.15) is 11.4 Å². The molecule has 37 heavy (non-hydrogen) atoms. The van der Waals surface area contributed by atoms with E-state index in [1.807, 2.05) is 24.3 Å². The van der Waals surface area contributed by atoms with Gasteiger partial charge < -0.3 is 20.3 Å². The molecule has 0 unspecified atom stereocenters. The van der Waals surface area contributed by atoms with Gasteiger partial charge in [-0.25, -0.2) is 4.98 Å². The van der Waals surface area contributed by atoms with Crippen LogP contribution in [0.25, 0.3) is 0 Å². The van der Waals surface area contributed by atoms with E-state index in [9.17, 15) is 9.59 Å². The van der Waals surface area contributed by atoms with Crippen molar-refractivity contribution in [3.8, 4) is 5.75 Å². The van der Waals surface area contributed by atoms with E-state index < -0.39 is 0 Å². The van der Waals surface area contributed by atoms with Crippen LogP contribution in [0.4, 0.5) is 16.5 Å². The normalized spacial score (nSPS) is 15.1. The highest BCUT2D eigenvalue weighted by molar-refractivity contribution is 7.14. The Balaban J connectivity index is 1.23. The molecule has 1 saturated heterocycles. The fraction of sp³-hybridized carbons (Fsp3) is 0.407. The molecule has 0 radical (unpaired) electrons. The number of unbranched alkanes of at least 4 members (excludes halogenated alkanes) is 3. The molecule has 2 aliphatic heterocycles. The SMILES string of the molecule is CCCCCCOc1ccc2c(c1)CN(c1nc(C(=O)Nc3cnccc3N3CCNCC3)cs1)C2=O. The number of carbonyl (C=O) groups excluding carboxylic acids is 2. The second-order valence-corrected chi connectivity index (χ2v) is 10.1. The molecule has 9 nitrogen and oxygen atoms in total. The molecule has 0 bridgehead atoms. The third-order valence-electron chi connectivity index (χ3n) is 6.61. The summed E-state index contributed by atoms with van der Waals surface area (Å²) in [5.74, 6) is 0.342. The minimum Gasteiger partial charge on any atom is -0.494 e. The van der Waals surface area contributed by atoms with E-state index in [1.54, 1.807) is 22.7 Å². The van der Waals surface area contributed by atoms with Gasteiger partial charge >= 0.3 is 0 Å². The number of benzene rings is 1. The predicted octanol–water partition coefficient (Wildman–Crippen LogP) is 4.32. The molecule has 2 N–H and O–H groups in total. The van der Waals surface area contributed by atoms with E-state index in [0.717, 1.165) is 56.0 Å². The Labute approximate surface area is 220 Å². The molecule has 1 fully saturated rings. The van der Waals surface area contributed by atoms with Crippen LogP contribution in [0.1, 0.15) is 59.0 Å². The number of piperazine rings is 1. The van der Waals surface area contributed by atoms with Crippen molar-refractivity contribution in [3.05, 3.63) is 58.9 Å². The monoisotopic (exact) mass is 520 g/mol. The van der Waals surface area contributed by atoms with Crippen LogP contribution in [-0.4, -0.2) is 54.6 Å². The van der Waals surface area contributed by atoms with Gasteiger partial charge in [0.15, 0.2) is 5.13 Å². The van der Waals surface area contributed by atoms with E-state index in [2.05, 4.69) is 32.4 Å². The molecular weight excluding hydrogens is 488 g/mol. The van der Waals surface area contributed by atoms with Crippen LogP contribution in [0.15, 0.2) is 42.0 Å². The molecule has 2 amide bonds. The Kier molecular flexibility index (Phi) is 7.96. The van der Waals surface area contributed by atoms with Gasteiger partial charge in [0.25, 0.3) is 11.8 Å². The van der Waals surface area contributed by atoms with Gasteiger partial charge in [-0.3, -0.25) is 19.5 Å². The summed E-state index contributed by atoms with van der Waals surface area (Å²) in [5, 5.41) is 8.48. The molecule has 0 spiro atoms. The lowest BCUT2D eigenvalue weighted by atomic mass is 10.1. The maximum Gasteiger partial charge on any atom is 0.275 e. The summed E-state index contributed by atoms with van der Waals surface area (Å²) in [6, 6.07) is 7.52. The Hall–Kier alpha value is -3.50. The number of thiazole rings is 1. The highest BCUT2D eigenvalue weighted by Crippen LogP contribution is 2.33.